The lowest BCUT2D eigenvalue weighted by Crippen LogP contribution is -2.46. The summed E-state index contributed by atoms with van der Waals surface area (Å²) in [5.41, 5.74) is 1.82. The minimum atomic E-state index is -1.88. The van der Waals surface area contributed by atoms with Crippen molar-refractivity contribution < 1.29 is 22.7 Å². The quantitative estimate of drug-likeness (QED) is 0.406. The maximum atomic E-state index is 14.6. The van der Waals surface area contributed by atoms with Crippen LogP contribution in [0.5, 0.6) is 5.75 Å². The zero-order chi connectivity index (χ0) is 27.2. The Kier molecular flexibility index (Phi) is 8.43. The van der Waals surface area contributed by atoms with Crippen molar-refractivity contribution in [2.45, 2.75) is 18.6 Å². The molecule has 1 aliphatic heterocycles. The number of pyridine rings is 1. The minimum absolute atomic E-state index is 0.162. The number of nitrogens with one attached hydrogen (secondary N) is 3. The Morgan fingerprint density at radius 3 is 2.82 bits per heavy atom. The van der Waals surface area contributed by atoms with E-state index in [1.54, 1.807) is 43.4 Å². The van der Waals surface area contributed by atoms with Crippen molar-refractivity contribution in [2.75, 3.05) is 51.5 Å². The predicted octanol–water partition coefficient (Wildman–Crippen LogP) is 3.86. The number of carbonyl (C=O) groups excluding carboxylic acids is 1. The van der Waals surface area contributed by atoms with Gasteiger partial charge < -0.3 is 25.6 Å². The predicted molar refractivity (Wildman–Crippen MR) is 142 cm³/mol. The molecular weight excluding hydrogens is 497 g/mol. The number of aromatic nitrogens is 2. The number of alkyl halides is 1. The van der Waals surface area contributed by atoms with E-state index >= 15 is 0 Å². The zero-order valence-electron chi connectivity index (χ0n) is 21.3. The molecule has 1 fully saturated rings. The van der Waals surface area contributed by atoms with Gasteiger partial charge in [-0.25, -0.2) is 8.91 Å². The summed E-state index contributed by atoms with van der Waals surface area (Å²) in [5, 5.41) is 13.3. The summed E-state index contributed by atoms with van der Waals surface area (Å²) in [6, 6.07) is 9.64. The summed E-state index contributed by atoms with van der Waals surface area (Å²) in [6.45, 7) is 1.23. The average molecular weight is 527 g/mol. The van der Waals surface area contributed by atoms with Crippen molar-refractivity contribution >= 4 is 29.0 Å². The van der Waals surface area contributed by atoms with Crippen LogP contribution in [0.3, 0.4) is 0 Å². The zero-order valence-corrected chi connectivity index (χ0v) is 21.3. The number of ether oxygens (including phenoxy) is 1. The van der Waals surface area contributed by atoms with Gasteiger partial charge in [-0.1, -0.05) is 12.0 Å². The summed E-state index contributed by atoms with van der Waals surface area (Å²) >= 11 is 0. The van der Waals surface area contributed by atoms with Gasteiger partial charge in [-0.05, 0) is 49.7 Å². The van der Waals surface area contributed by atoms with Crippen molar-refractivity contribution in [3.05, 3.63) is 59.3 Å². The number of amides is 1. The Hall–Kier alpha value is -4.17. The summed E-state index contributed by atoms with van der Waals surface area (Å²) in [5.74, 6) is 6.49. The first kappa shape index (κ1) is 26.9. The Morgan fingerprint density at radius 1 is 1.29 bits per heavy atom. The molecule has 38 heavy (non-hydrogen) atoms. The maximum Gasteiger partial charge on any atom is 0.271 e. The molecule has 4 rings (SSSR count). The molecule has 0 bridgehead atoms. The molecule has 1 saturated heterocycles. The van der Waals surface area contributed by atoms with Crippen molar-refractivity contribution in [1.82, 2.24) is 19.8 Å². The van der Waals surface area contributed by atoms with Crippen LogP contribution in [-0.4, -0.2) is 73.5 Å². The fourth-order valence-electron chi connectivity index (χ4n) is 4.34. The number of anilines is 2. The van der Waals surface area contributed by atoms with Crippen LogP contribution in [0, 0.1) is 11.8 Å². The molecule has 0 unspecified atom stereocenters. The number of methoxy groups -OCH3 is 1. The van der Waals surface area contributed by atoms with Gasteiger partial charge in [-0.3, -0.25) is 4.79 Å². The highest BCUT2D eigenvalue weighted by Gasteiger charge is 2.28. The van der Waals surface area contributed by atoms with Gasteiger partial charge in [0, 0.05) is 37.3 Å². The van der Waals surface area contributed by atoms with Gasteiger partial charge in [-0.15, -0.1) is 0 Å². The highest BCUT2D eigenvalue weighted by molar-refractivity contribution is 5.95. The molecule has 3 heterocycles. The van der Waals surface area contributed by atoms with E-state index in [2.05, 4.69) is 32.9 Å². The molecule has 2 atom stereocenters. The van der Waals surface area contributed by atoms with Crippen LogP contribution in [0.2, 0.25) is 0 Å². The van der Waals surface area contributed by atoms with Gasteiger partial charge in [0.15, 0.2) is 0 Å². The van der Waals surface area contributed by atoms with E-state index in [1.807, 2.05) is 11.9 Å². The number of carbonyl (C=O) groups is 1. The Bertz CT molecular complexity index is 1410. The summed E-state index contributed by atoms with van der Waals surface area (Å²) in [4.78, 5) is 13.8. The van der Waals surface area contributed by atoms with E-state index in [4.69, 9.17) is 4.74 Å². The second-order valence-corrected chi connectivity index (χ2v) is 8.87. The monoisotopic (exact) mass is 526 g/mol. The van der Waals surface area contributed by atoms with E-state index in [1.165, 1.54) is 11.6 Å². The van der Waals surface area contributed by atoms with Gasteiger partial charge >= 0.3 is 0 Å². The lowest BCUT2D eigenvalue weighted by atomic mass is 10.0. The normalized spacial score (nSPS) is 17.3. The molecular formula is C27H29F3N6O2. The Labute approximate surface area is 218 Å². The molecule has 1 aromatic carbocycles. The van der Waals surface area contributed by atoms with Gasteiger partial charge in [0.25, 0.3) is 12.0 Å². The highest BCUT2D eigenvalue weighted by atomic mass is 19.3. The van der Waals surface area contributed by atoms with Crippen molar-refractivity contribution in [2.24, 2.45) is 0 Å². The highest BCUT2D eigenvalue weighted by Crippen LogP contribution is 2.26. The number of likely N-dealkylation sites (tertiary alicyclic amines) is 1. The number of hydrogen-bond acceptors (Lipinski definition) is 6. The van der Waals surface area contributed by atoms with Crippen LogP contribution in [0.4, 0.5) is 24.7 Å². The number of hydrogen-bond donors (Lipinski definition) is 3. The van der Waals surface area contributed by atoms with E-state index in [0.717, 1.165) is 12.6 Å². The molecule has 0 saturated carbocycles. The minimum Gasteiger partial charge on any atom is -0.495 e. The van der Waals surface area contributed by atoms with Crippen LogP contribution >= 0.6 is 0 Å². The molecule has 0 spiro atoms. The van der Waals surface area contributed by atoms with Crippen molar-refractivity contribution in [1.29, 1.82) is 0 Å². The topological polar surface area (TPSA) is 82.9 Å². The average Bonchev–Trinajstić information content (AvgIpc) is 3.25. The van der Waals surface area contributed by atoms with Crippen molar-refractivity contribution in [3.8, 4) is 17.6 Å². The van der Waals surface area contributed by atoms with Crippen molar-refractivity contribution in [3.63, 3.8) is 0 Å². The fraction of sp³-hybridized carbons (Fsp3) is 0.333. The van der Waals surface area contributed by atoms with E-state index < -0.39 is 18.3 Å². The molecule has 0 radical (unpaired) electrons. The van der Waals surface area contributed by atoms with Crippen LogP contribution in [-0.2, 0) is 0 Å². The number of piperidine rings is 1. The van der Waals surface area contributed by atoms with E-state index in [-0.39, 0.29) is 23.7 Å². The van der Waals surface area contributed by atoms with E-state index in [0.29, 0.717) is 41.3 Å². The molecule has 200 valence electrons. The third-order valence-corrected chi connectivity index (χ3v) is 6.29. The standard InChI is InChI=1S/C27H29F3N6O2/c1-31-27(37)17-9-10-22(24(14-17)38-3)32-12-5-6-20-18(15-25(29)30)23-7-4-8-26(36(23)34-20)33-21-11-13-35(2)16-19(21)28/h4,7-10,14-15,19,21,32-33H,11-13,16H2,1-3H3,(H,31,37)/t19-,21+/m0/s1. The molecule has 3 aromatic rings. The van der Waals surface area contributed by atoms with Crippen LogP contribution in [0.15, 0.2) is 42.5 Å². The number of benzene rings is 1. The van der Waals surface area contributed by atoms with E-state index in [9.17, 15) is 18.0 Å². The molecule has 8 nitrogen and oxygen atoms in total. The lowest BCUT2D eigenvalue weighted by Gasteiger charge is -2.33. The first-order chi connectivity index (χ1) is 18.3. The van der Waals surface area contributed by atoms with Gasteiger partial charge in [0.1, 0.15) is 23.4 Å². The fourth-order valence-corrected chi connectivity index (χ4v) is 4.34. The molecule has 0 aliphatic carbocycles. The number of halogens is 3. The molecule has 2 aromatic heterocycles. The summed E-state index contributed by atoms with van der Waals surface area (Å²) < 4.78 is 48.1. The molecule has 11 heteroatoms. The number of nitrogens with zero attached hydrogens (tertiary/aromatic N) is 3. The molecule has 1 amide bonds. The first-order valence-electron chi connectivity index (χ1n) is 12.1. The van der Waals surface area contributed by atoms with Crippen LogP contribution in [0.1, 0.15) is 28.0 Å². The maximum absolute atomic E-state index is 14.6. The third kappa shape index (κ3) is 6.03. The molecule has 3 N–H and O–H groups in total. The van der Waals surface area contributed by atoms with Crippen LogP contribution < -0.4 is 20.7 Å². The summed E-state index contributed by atoms with van der Waals surface area (Å²) in [6.07, 6.45) is -1.61. The largest absolute Gasteiger partial charge is 0.495 e. The number of rotatable bonds is 7. The Balaban J connectivity index is 1.58. The third-order valence-electron chi connectivity index (χ3n) is 6.29. The molecule has 1 aliphatic rings. The summed E-state index contributed by atoms with van der Waals surface area (Å²) in [7, 11) is 4.90. The Morgan fingerprint density at radius 2 is 2.11 bits per heavy atom. The SMILES string of the molecule is CNC(=O)c1ccc(NCC#Cc2nn3c(N[C@@H]4CCN(C)C[C@@H]4F)cccc3c2C=C(F)F)c(OC)c1. The van der Waals surface area contributed by atoms with Gasteiger partial charge in [0.05, 0.1) is 30.9 Å². The second kappa shape index (κ2) is 11.9. The van der Waals surface area contributed by atoms with Gasteiger partial charge in [0.2, 0.25) is 0 Å². The smallest absolute Gasteiger partial charge is 0.271 e. The lowest BCUT2D eigenvalue weighted by molar-refractivity contribution is 0.0962. The van der Waals surface area contributed by atoms with Gasteiger partial charge in [-0.2, -0.15) is 13.9 Å². The second-order valence-electron chi connectivity index (χ2n) is 8.87. The van der Waals surface area contributed by atoms with Crippen LogP contribution in [0.25, 0.3) is 11.6 Å². The first-order valence-corrected chi connectivity index (χ1v) is 12.1. The number of fused-ring (bicyclic) bond motifs is 1.